The van der Waals surface area contributed by atoms with Crippen LogP contribution in [0, 0.1) is 5.92 Å². The van der Waals surface area contributed by atoms with Gasteiger partial charge >= 0.3 is 5.97 Å². The number of nitrogens with two attached hydrogens (primary N) is 1. The zero-order valence-electron chi connectivity index (χ0n) is 12.3. The molecule has 1 aromatic rings. The van der Waals surface area contributed by atoms with Gasteiger partial charge in [0.15, 0.2) is 0 Å². The van der Waals surface area contributed by atoms with Gasteiger partial charge in [-0.1, -0.05) is 32.9 Å². The van der Waals surface area contributed by atoms with Crippen LogP contribution >= 0.6 is 11.8 Å². The first kappa shape index (κ1) is 15.4. The molecule has 0 spiro atoms. The molecular formula is C16H23NO2S. The maximum absolute atomic E-state index is 11.4. The van der Waals surface area contributed by atoms with Crippen LogP contribution in [0.1, 0.15) is 39.2 Å². The third kappa shape index (κ3) is 3.36. The van der Waals surface area contributed by atoms with Gasteiger partial charge in [-0.25, -0.2) is 0 Å². The average Bonchev–Trinajstić information content (AvgIpc) is 3.19. The van der Waals surface area contributed by atoms with Gasteiger partial charge in [-0.15, -0.1) is 11.8 Å². The molecule has 0 heterocycles. The van der Waals surface area contributed by atoms with Crippen molar-refractivity contribution in [2.45, 2.75) is 49.5 Å². The van der Waals surface area contributed by atoms with Crippen LogP contribution in [0.15, 0.2) is 29.2 Å². The molecule has 4 heteroatoms. The topological polar surface area (TPSA) is 63.3 Å². The number of thioether (sulfide) groups is 1. The van der Waals surface area contributed by atoms with Crippen LogP contribution in [0.5, 0.6) is 0 Å². The number of hydrogen-bond donors (Lipinski definition) is 2. The molecule has 110 valence electrons. The lowest BCUT2D eigenvalue weighted by Crippen LogP contribution is -2.52. The first-order chi connectivity index (χ1) is 9.23. The summed E-state index contributed by atoms with van der Waals surface area (Å²) in [5.74, 6) is -0.304. The predicted molar refractivity (Wildman–Crippen MR) is 83.1 cm³/mol. The van der Waals surface area contributed by atoms with Crippen molar-refractivity contribution in [1.29, 1.82) is 0 Å². The van der Waals surface area contributed by atoms with Gasteiger partial charge in [0.05, 0.1) is 0 Å². The first-order valence-corrected chi connectivity index (χ1v) is 7.97. The van der Waals surface area contributed by atoms with E-state index < -0.39 is 11.5 Å². The summed E-state index contributed by atoms with van der Waals surface area (Å²) < 4.78 is 0. The van der Waals surface area contributed by atoms with Gasteiger partial charge in [-0.2, -0.15) is 0 Å². The normalized spacial score (nSPS) is 18.6. The van der Waals surface area contributed by atoms with Crippen molar-refractivity contribution in [3.05, 3.63) is 29.8 Å². The van der Waals surface area contributed by atoms with Crippen molar-refractivity contribution in [3.63, 3.8) is 0 Å². The molecule has 1 fully saturated rings. The van der Waals surface area contributed by atoms with E-state index in [9.17, 15) is 9.90 Å². The fourth-order valence-corrected chi connectivity index (χ4v) is 3.30. The molecule has 1 aromatic carbocycles. The minimum absolute atomic E-state index is 0.135. The van der Waals surface area contributed by atoms with Crippen LogP contribution in [-0.4, -0.2) is 22.4 Å². The van der Waals surface area contributed by atoms with Crippen molar-refractivity contribution in [2.75, 3.05) is 5.75 Å². The Balaban J connectivity index is 2.02. The van der Waals surface area contributed by atoms with Crippen LogP contribution < -0.4 is 5.73 Å². The average molecular weight is 293 g/mol. The summed E-state index contributed by atoms with van der Waals surface area (Å²) in [5, 5.41) is 9.33. The second-order valence-electron chi connectivity index (χ2n) is 6.68. The van der Waals surface area contributed by atoms with Gasteiger partial charge in [0.1, 0.15) is 5.54 Å². The Morgan fingerprint density at radius 1 is 1.30 bits per heavy atom. The molecule has 1 aliphatic carbocycles. The molecule has 0 aromatic heterocycles. The number of hydrogen-bond acceptors (Lipinski definition) is 3. The Morgan fingerprint density at radius 2 is 1.85 bits per heavy atom. The summed E-state index contributed by atoms with van der Waals surface area (Å²) in [7, 11) is 0. The van der Waals surface area contributed by atoms with Crippen LogP contribution in [-0.2, 0) is 10.2 Å². The largest absolute Gasteiger partial charge is 0.480 e. The Kier molecular flexibility index (Phi) is 4.17. The summed E-state index contributed by atoms with van der Waals surface area (Å²) in [6.45, 7) is 6.53. The molecule has 1 aliphatic rings. The Morgan fingerprint density at radius 3 is 2.25 bits per heavy atom. The minimum atomic E-state index is -1.08. The molecule has 2 rings (SSSR count). The summed E-state index contributed by atoms with van der Waals surface area (Å²) >= 11 is 1.54. The second-order valence-corrected chi connectivity index (χ2v) is 7.73. The number of carbonyl (C=O) groups is 1. The Labute approximate surface area is 124 Å². The van der Waals surface area contributed by atoms with Gasteiger partial charge in [-0.3, -0.25) is 4.79 Å². The molecular weight excluding hydrogens is 270 g/mol. The third-order valence-electron chi connectivity index (χ3n) is 3.90. The summed E-state index contributed by atoms with van der Waals surface area (Å²) in [6.07, 6.45) is 1.87. The smallest absolute Gasteiger partial charge is 0.324 e. The summed E-state index contributed by atoms with van der Waals surface area (Å²) in [5.41, 5.74) is 6.41. The summed E-state index contributed by atoms with van der Waals surface area (Å²) in [6, 6.07) is 8.33. The van der Waals surface area contributed by atoms with E-state index in [4.69, 9.17) is 5.73 Å². The van der Waals surface area contributed by atoms with E-state index in [0.717, 1.165) is 17.7 Å². The van der Waals surface area contributed by atoms with E-state index in [2.05, 4.69) is 45.0 Å². The lowest BCUT2D eigenvalue weighted by atomic mass is 9.87. The quantitative estimate of drug-likeness (QED) is 0.818. The van der Waals surface area contributed by atoms with Gasteiger partial charge in [-0.05, 0) is 41.9 Å². The Hall–Kier alpha value is -1.00. The van der Waals surface area contributed by atoms with Gasteiger partial charge in [0.25, 0.3) is 0 Å². The standard InChI is InChI=1S/C16H23NO2S/c1-15(2,3)11-6-8-13(9-7-11)20-10-16(17,14(18)19)12-4-5-12/h6-9,12H,4-5,10,17H2,1-3H3,(H,18,19). The fourth-order valence-electron chi connectivity index (χ4n) is 2.21. The molecule has 3 N–H and O–H groups in total. The molecule has 20 heavy (non-hydrogen) atoms. The van der Waals surface area contributed by atoms with Crippen LogP contribution in [0.3, 0.4) is 0 Å². The highest BCUT2D eigenvalue weighted by molar-refractivity contribution is 7.99. The van der Waals surface area contributed by atoms with Crippen molar-refractivity contribution in [1.82, 2.24) is 0 Å². The molecule has 0 aliphatic heterocycles. The molecule has 0 saturated heterocycles. The zero-order valence-corrected chi connectivity index (χ0v) is 13.2. The van der Waals surface area contributed by atoms with Crippen LogP contribution in [0.2, 0.25) is 0 Å². The number of rotatable bonds is 5. The number of carboxylic acids is 1. The number of aliphatic carboxylic acids is 1. The zero-order chi connectivity index (χ0) is 15.0. The molecule has 3 nitrogen and oxygen atoms in total. The molecule has 0 amide bonds. The highest BCUT2D eigenvalue weighted by Gasteiger charge is 2.48. The molecule has 0 radical (unpaired) electrons. The van der Waals surface area contributed by atoms with E-state index in [1.165, 1.54) is 17.3 Å². The summed E-state index contributed by atoms with van der Waals surface area (Å²) in [4.78, 5) is 12.4. The lowest BCUT2D eigenvalue weighted by Gasteiger charge is -2.24. The first-order valence-electron chi connectivity index (χ1n) is 6.99. The highest BCUT2D eigenvalue weighted by atomic mass is 32.2. The van der Waals surface area contributed by atoms with Crippen molar-refractivity contribution < 1.29 is 9.90 Å². The highest BCUT2D eigenvalue weighted by Crippen LogP contribution is 2.41. The van der Waals surface area contributed by atoms with Gasteiger partial charge in [0.2, 0.25) is 0 Å². The van der Waals surface area contributed by atoms with Crippen molar-refractivity contribution >= 4 is 17.7 Å². The maximum atomic E-state index is 11.4. The minimum Gasteiger partial charge on any atom is -0.480 e. The second kappa shape index (κ2) is 5.41. The molecule has 1 atom stereocenters. The molecule has 1 unspecified atom stereocenters. The lowest BCUT2D eigenvalue weighted by molar-refractivity contribution is -0.143. The van der Waals surface area contributed by atoms with Crippen LogP contribution in [0.4, 0.5) is 0 Å². The van der Waals surface area contributed by atoms with E-state index in [-0.39, 0.29) is 11.3 Å². The monoisotopic (exact) mass is 293 g/mol. The van der Waals surface area contributed by atoms with E-state index >= 15 is 0 Å². The number of benzene rings is 1. The molecule has 1 saturated carbocycles. The van der Waals surface area contributed by atoms with E-state index in [1.807, 2.05) is 0 Å². The molecule has 0 bridgehead atoms. The van der Waals surface area contributed by atoms with Gasteiger partial charge < -0.3 is 10.8 Å². The van der Waals surface area contributed by atoms with Crippen molar-refractivity contribution in [2.24, 2.45) is 11.7 Å². The maximum Gasteiger partial charge on any atom is 0.324 e. The van der Waals surface area contributed by atoms with E-state index in [0.29, 0.717) is 5.75 Å². The predicted octanol–water partition coefficient (Wildman–Crippen LogP) is 3.27. The SMILES string of the molecule is CC(C)(C)c1ccc(SCC(N)(C(=O)O)C2CC2)cc1. The van der Waals surface area contributed by atoms with Crippen LogP contribution in [0.25, 0.3) is 0 Å². The fraction of sp³-hybridized carbons (Fsp3) is 0.562. The Bertz CT molecular complexity index is 488. The van der Waals surface area contributed by atoms with E-state index in [1.54, 1.807) is 0 Å². The van der Waals surface area contributed by atoms with Gasteiger partial charge in [0, 0.05) is 10.6 Å². The van der Waals surface area contributed by atoms with Crippen molar-refractivity contribution in [3.8, 4) is 0 Å². The number of carboxylic acid groups (broad SMARTS) is 1. The third-order valence-corrected chi connectivity index (χ3v) is 5.13.